The summed E-state index contributed by atoms with van der Waals surface area (Å²) in [6.45, 7) is -0.815. The molecule has 0 unspecified atom stereocenters. The van der Waals surface area contributed by atoms with E-state index in [1.807, 2.05) is 11.0 Å². The van der Waals surface area contributed by atoms with Crippen molar-refractivity contribution in [2.45, 2.75) is 62.7 Å². The Kier molecular flexibility index (Phi) is 7.92. The van der Waals surface area contributed by atoms with Gasteiger partial charge < -0.3 is 20.1 Å². The molecule has 5 heterocycles. The van der Waals surface area contributed by atoms with Crippen molar-refractivity contribution in [3.63, 3.8) is 0 Å². The van der Waals surface area contributed by atoms with Crippen molar-refractivity contribution < 1.29 is 40.2 Å². The molecular weight excluding hydrogens is 713 g/mol. The molecule has 3 atom stereocenters. The lowest BCUT2D eigenvalue weighted by molar-refractivity contribution is 0.0297. The van der Waals surface area contributed by atoms with Crippen LogP contribution in [-0.2, 0) is 0 Å². The number of benzene rings is 2. The van der Waals surface area contributed by atoms with Gasteiger partial charge in [-0.2, -0.15) is 15.2 Å². The molecule has 264 valence electrons. The van der Waals surface area contributed by atoms with Crippen molar-refractivity contribution in [3.05, 3.63) is 34.4 Å². The number of rotatable bonds is 8. The van der Waals surface area contributed by atoms with Crippen molar-refractivity contribution in [2.24, 2.45) is 5.41 Å². The Morgan fingerprint density at radius 3 is 2.64 bits per heavy atom. The highest BCUT2D eigenvalue weighted by Crippen LogP contribution is 2.58. The van der Waals surface area contributed by atoms with Crippen LogP contribution in [0.5, 0.6) is 11.8 Å². The Morgan fingerprint density at radius 2 is 1.94 bits per heavy atom. The topological polar surface area (TPSA) is 101 Å². The average molecular weight is 741 g/mol. The smallest absolute Gasteiger partial charge is 0.319 e. The van der Waals surface area contributed by atoms with E-state index in [2.05, 4.69) is 9.97 Å². The van der Waals surface area contributed by atoms with E-state index in [1.165, 1.54) is 6.07 Å². The summed E-state index contributed by atoms with van der Waals surface area (Å²) in [7, 11) is 0. The van der Waals surface area contributed by atoms with E-state index in [-0.39, 0.29) is 81.1 Å². The molecule has 1 aliphatic carbocycles. The molecule has 2 N–H and O–H groups in total. The third kappa shape index (κ3) is 4.94. The van der Waals surface area contributed by atoms with Gasteiger partial charge in [0.1, 0.15) is 47.6 Å². The van der Waals surface area contributed by atoms with Crippen molar-refractivity contribution >= 4 is 54.7 Å². The van der Waals surface area contributed by atoms with Crippen molar-refractivity contribution in [2.75, 3.05) is 43.5 Å². The largest absolute Gasteiger partial charge is 0.489 e. The fraction of sp³-hybridized carbons (Fsp3) is 0.485. The SMILES string of the molecule is N#Cc1c(N)sc2c(F)ccc(-c3c(Cl)c4c5c(nc(OC[C@@]67CCCN6C[C@H](F)C7)nc5c3F)N(CC(F)F)[C@@H](C3(C(F)F)CC3)CO4)c12. The average Bonchev–Trinajstić information content (AvgIpc) is 3.60. The molecule has 2 aromatic carbocycles. The van der Waals surface area contributed by atoms with Crippen LogP contribution < -0.4 is 20.1 Å². The second-order valence-electron chi connectivity index (χ2n) is 13.4. The number of thiophene rings is 1. The summed E-state index contributed by atoms with van der Waals surface area (Å²) in [5.74, 6) is -2.42. The van der Waals surface area contributed by atoms with Crippen LogP contribution in [0.2, 0.25) is 5.02 Å². The number of hydrogen-bond donors (Lipinski definition) is 1. The quantitative estimate of drug-likeness (QED) is 0.183. The summed E-state index contributed by atoms with van der Waals surface area (Å²) in [6.07, 6.45) is -5.39. The van der Waals surface area contributed by atoms with Crippen LogP contribution in [0, 0.1) is 28.4 Å². The minimum Gasteiger partial charge on any atom is -0.489 e. The van der Waals surface area contributed by atoms with Gasteiger partial charge in [-0.05, 0) is 43.9 Å². The first kappa shape index (κ1) is 33.3. The van der Waals surface area contributed by atoms with Gasteiger partial charge in [-0.25, -0.2) is 30.7 Å². The van der Waals surface area contributed by atoms with Gasteiger partial charge >= 0.3 is 6.01 Å². The Balaban J connectivity index is 1.37. The van der Waals surface area contributed by atoms with E-state index in [0.717, 1.165) is 28.7 Å². The lowest BCUT2D eigenvalue weighted by Gasteiger charge is -2.36. The van der Waals surface area contributed by atoms with E-state index in [9.17, 15) is 31.6 Å². The van der Waals surface area contributed by atoms with E-state index in [1.54, 1.807) is 0 Å². The zero-order valence-electron chi connectivity index (χ0n) is 26.1. The van der Waals surface area contributed by atoms with Crippen molar-refractivity contribution in [1.29, 1.82) is 5.26 Å². The second kappa shape index (κ2) is 11.9. The lowest BCUT2D eigenvalue weighted by Crippen LogP contribution is -2.50. The maximum Gasteiger partial charge on any atom is 0.319 e. The maximum absolute atomic E-state index is 17.2. The number of hydrogen-bond acceptors (Lipinski definition) is 9. The van der Waals surface area contributed by atoms with Gasteiger partial charge in [-0.15, -0.1) is 11.3 Å². The summed E-state index contributed by atoms with van der Waals surface area (Å²) in [4.78, 5) is 11.8. The van der Waals surface area contributed by atoms with Crippen LogP contribution >= 0.6 is 22.9 Å². The van der Waals surface area contributed by atoms with Crippen LogP contribution in [0.3, 0.4) is 0 Å². The zero-order valence-corrected chi connectivity index (χ0v) is 27.7. The first-order valence-corrected chi connectivity index (χ1v) is 17.2. The number of anilines is 2. The minimum absolute atomic E-state index is 0.0176. The van der Waals surface area contributed by atoms with Crippen LogP contribution in [0.15, 0.2) is 12.1 Å². The molecule has 2 aromatic heterocycles. The van der Waals surface area contributed by atoms with Crippen LogP contribution in [0.4, 0.5) is 41.6 Å². The summed E-state index contributed by atoms with van der Waals surface area (Å²) < 4.78 is 117. The number of nitrogen functional groups attached to an aromatic ring is 1. The third-order valence-electron chi connectivity index (χ3n) is 10.7. The monoisotopic (exact) mass is 740 g/mol. The first-order chi connectivity index (χ1) is 23.9. The van der Waals surface area contributed by atoms with Gasteiger partial charge in [0.05, 0.1) is 44.2 Å². The zero-order chi connectivity index (χ0) is 35.3. The molecule has 0 amide bonds. The molecular formula is C33H28ClF7N6O2S. The van der Waals surface area contributed by atoms with E-state index in [0.29, 0.717) is 13.0 Å². The summed E-state index contributed by atoms with van der Waals surface area (Å²) >= 11 is 7.68. The second-order valence-corrected chi connectivity index (χ2v) is 14.8. The van der Waals surface area contributed by atoms with Gasteiger partial charge in [0.15, 0.2) is 11.6 Å². The highest BCUT2D eigenvalue weighted by molar-refractivity contribution is 7.23. The highest BCUT2D eigenvalue weighted by atomic mass is 35.5. The Hall–Kier alpha value is -3.81. The summed E-state index contributed by atoms with van der Waals surface area (Å²) in [6, 6.07) is 2.42. The number of nitriles is 1. The van der Waals surface area contributed by atoms with Gasteiger partial charge in [-0.1, -0.05) is 17.7 Å². The fourth-order valence-corrected chi connectivity index (χ4v) is 9.40. The molecule has 8 nitrogen and oxygen atoms in total. The van der Waals surface area contributed by atoms with E-state index < -0.39 is 77.4 Å². The van der Waals surface area contributed by atoms with Gasteiger partial charge in [0.25, 0.3) is 6.43 Å². The number of halogens is 8. The predicted octanol–water partition coefficient (Wildman–Crippen LogP) is 7.73. The number of fused-ring (bicyclic) bond motifs is 2. The molecule has 8 rings (SSSR count). The van der Waals surface area contributed by atoms with Crippen molar-refractivity contribution in [3.8, 4) is 29.0 Å². The maximum atomic E-state index is 17.2. The van der Waals surface area contributed by atoms with E-state index in [4.69, 9.17) is 26.8 Å². The molecule has 0 spiro atoms. The van der Waals surface area contributed by atoms with Crippen molar-refractivity contribution in [1.82, 2.24) is 14.9 Å². The molecule has 50 heavy (non-hydrogen) atoms. The minimum atomic E-state index is -3.02. The molecule has 4 aliphatic rings. The van der Waals surface area contributed by atoms with Gasteiger partial charge in [0.2, 0.25) is 6.43 Å². The molecule has 2 saturated heterocycles. The van der Waals surface area contributed by atoms with Gasteiger partial charge in [0, 0.05) is 23.9 Å². The lowest BCUT2D eigenvalue weighted by atomic mass is 9.95. The fourth-order valence-electron chi connectivity index (χ4n) is 8.12. The summed E-state index contributed by atoms with van der Waals surface area (Å²) in [5, 5.41) is 9.22. The van der Waals surface area contributed by atoms with Crippen LogP contribution in [-0.4, -0.2) is 78.3 Å². The molecule has 0 radical (unpaired) electrons. The molecule has 1 saturated carbocycles. The summed E-state index contributed by atoms with van der Waals surface area (Å²) in [5.41, 5.74) is 2.62. The Labute approximate surface area is 289 Å². The number of alkyl halides is 5. The molecule has 3 fully saturated rings. The molecule has 0 bridgehead atoms. The third-order valence-corrected chi connectivity index (χ3v) is 12.1. The Morgan fingerprint density at radius 1 is 1.16 bits per heavy atom. The number of aromatic nitrogens is 2. The standard InChI is InChI=1S/C33H28ClF7N6O2S/c34-23-21(15-2-3-17(36)27-20(15)16(9-42)28(43)50-27)24(39)25-22-26(23)48-12-18(33(5-6-33)30(40)41)47(11-19(37)38)29(22)45-31(44-25)49-13-32-4-1-7-46(32)10-14(35)8-32/h2-3,14,18-19,30H,1,4-8,10-13,43H2/t14-,18-,32+/m1/s1. The Bertz CT molecular complexity index is 2090. The first-order valence-electron chi connectivity index (χ1n) is 16.0. The molecule has 3 aliphatic heterocycles. The van der Waals surface area contributed by atoms with E-state index >= 15 is 4.39 Å². The van der Waals surface area contributed by atoms with Crippen LogP contribution in [0.1, 0.15) is 37.7 Å². The molecule has 17 heteroatoms. The van der Waals surface area contributed by atoms with Gasteiger partial charge in [-0.3, -0.25) is 4.90 Å². The normalized spacial score (nSPS) is 24.2. The number of nitrogens with two attached hydrogens (primary N) is 1. The highest BCUT2D eigenvalue weighted by Gasteiger charge is 2.60. The molecule has 4 aromatic rings. The number of nitrogens with zero attached hydrogens (tertiary/aromatic N) is 5. The number of ether oxygens (including phenoxy) is 2. The predicted molar refractivity (Wildman–Crippen MR) is 173 cm³/mol. The van der Waals surface area contributed by atoms with Crippen LogP contribution in [0.25, 0.3) is 32.1 Å².